The zero-order valence-corrected chi connectivity index (χ0v) is 22.4. The first-order chi connectivity index (χ1) is 20.3. The summed E-state index contributed by atoms with van der Waals surface area (Å²) in [5, 5.41) is 12.9. The Balaban J connectivity index is 1.34. The molecule has 0 amide bonds. The Kier molecular flexibility index (Phi) is 4.67. The van der Waals surface area contributed by atoms with Crippen molar-refractivity contribution in [3.05, 3.63) is 152 Å². The maximum absolute atomic E-state index is 2.43. The van der Waals surface area contributed by atoms with E-state index in [2.05, 4.69) is 156 Å². The fourth-order valence-electron chi connectivity index (χ4n) is 6.91. The third kappa shape index (κ3) is 3.24. The quantitative estimate of drug-likeness (QED) is 0.200. The molecule has 1 aromatic heterocycles. The van der Waals surface area contributed by atoms with Crippen LogP contribution in [0.15, 0.2) is 152 Å². The lowest BCUT2D eigenvalue weighted by atomic mass is 9.93. The summed E-state index contributed by atoms with van der Waals surface area (Å²) in [6.45, 7) is 0. The van der Waals surface area contributed by atoms with E-state index in [1.807, 2.05) is 0 Å². The van der Waals surface area contributed by atoms with Crippen LogP contribution in [0, 0.1) is 0 Å². The molecule has 1 nitrogen and oxygen atoms in total. The van der Waals surface area contributed by atoms with Gasteiger partial charge in [0.25, 0.3) is 0 Å². The van der Waals surface area contributed by atoms with E-state index in [-0.39, 0.29) is 0 Å². The molecule has 9 rings (SSSR count). The Morgan fingerprint density at radius 1 is 0.317 bits per heavy atom. The molecule has 0 N–H and O–H groups in total. The topological polar surface area (TPSA) is 4.93 Å². The third-order valence-electron chi connectivity index (χ3n) is 8.76. The average molecular weight is 520 g/mol. The molecular formula is C40H25N. The Morgan fingerprint density at radius 3 is 1.56 bits per heavy atom. The van der Waals surface area contributed by atoms with Gasteiger partial charge in [0.15, 0.2) is 0 Å². The van der Waals surface area contributed by atoms with Gasteiger partial charge in [-0.05, 0) is 84.5 Å². The SMILES string of the molecule is c1ccc2c(-c3ccc(-n4c5ccccc5c5cc6c7ccccc7c7ccccc7c6cc54)cc3)cccc2c1. The summed E-state index contributed by atoms with van der Waals surface area (Å²) in [7, 11) is 0. The number of para-hydroxylation sites is 1. The summed E-state index contributed by atoms with van der Waals surface area (Å²) < 4.78 is 2.43. The molecule has 0 aliphatic heterocycles. The molecule has 0 saturated heterocycles. The van der Waals surface area contributed by atoms with Crippen molar-refractivity contribution in [2.24, 2.45) is 0 Å². The van der Waals surface area contributed by atoms with Crippen molar-refractivity contribution in [2.45, 2.75) is 0 Å². The first kappa shape index (κ1) is 22.4. The lowest BCUT2D eigenvalue weighted by Crippen LogP contribution is -1.94. The Hall–Kier alpha value is -5.40. The zero-order valence-electron chi connectivity index (χ0n) is 22.4. The van der Waals surface area contributed by atoms with Crippen molar-refractivity contribution in [1.29, 1.82) is 0 Å². The number of hydrogen-bond acceptors (Lipinski definition) is 0. The molecule has 1 heterocycles. The van der Waals surface area contributed by atoms with Crippen LogP contribution in [0.1, 0.15) is 0 Å². The van der Waals surface area contributed by atoms with Crippen LogP contribution in [0.4, 0.5) is 0 Å². The molecule has 0 spiro atoms. The highest BCUT2D eigenvalue weighted by molar-refractivity contribution is 6.28. The van der Waals surface area contributed by atoms with Gasteiger partial charge in [-0.15, -0.1) is 0 Å². The van der Waals surface area contributed by atoms with Gasteiger partial charge in [0, 0.05) is 16.5 Å². The normalized spacial score (nSPS) is 11.9. The van der Waals surface area contributed by atoms with E-state index >= 15 is 0 Å². The smallest absolute Gasteiger partial charge is 0.0547 e. The fraction of sp³-hybridized carbons (Fsp3) is 0. The third-order valence-corrected chi connectivity index (χ3v) is 8.76. The number of rotatable bonds is 2. The number of nitrogens with zero attached hydrogens (tertiary/aromatic N) is 1. The molecule has 0 fully saturated rings. The summed E-state index contributed by atoms with van der Waals surface area (Å²) >= 11 is 0. The molecule has 8 aromatic carbocycles. The van der Waals surface area contributed by atoms with Crippen molar-refractivity contribution in [1.82, 2.24) is 4.57 Å². The second-order valence-electron chi connectivity index (χ2n) is 10.9. The highest BCUT2D eigenvalue weighted by Crippen LogP contribution is 2.41. The molecule has 0 atom stereocenters. The van der Waals surface area contributed by atoms with Crippen LogP contribution in [-0.2, 0) is 0 Å². The average Bonchev–Trinajstić information content (AvgIpc) is 3.37. The molecule has 0 saturated carbocycles. The minimum Gasteiger partial charge on any atom is -0.309 e. The minimum absolute atomic E-state index is 1.17. The monoisotopic (exact) mass is 519 g/mol. The Morgan fingerprint density at radius 2 is 0.854 bits per heavy atom. The first-order valence-corrected chi connectivity index (χ1v) is 14.2. The number of hydrogen-bond donors (Lipinski definition) is 0. The maximum atomic E-state index is 2.43. The van der Waals surface area contributed by atoms with Crippen molar-refractivity contribution in [3.63, 3.8) is 0 Å². The van der Waals surface area contributed by atoms with E-state index < -0.39 is 0 Å². The van der Waals surface area contributed by atoms with Crippen LogP contribution in [0.5, 0.6) is 0 Å². The summed E-state index contributed by atoms with van der Waals surface area (Å²) in [6.07, 6.45) is 0. The molecule has 0 unspecified atom stereocenters. The van der Waals surface area contributed by atoms with Crippen LogP contribution in [0.25, 0.3) is 81.7 Å². The van der Waals surface area contributed by atoms with Gasteiger partial charge < -0.3 is 4.57 Å². The molecule has 0 radical (unpaired) electrons. The lowest BCUT2D eigenvalue weighted by Gasteiger charge is -2.13. The van der Waals surface area contributed by atoms with Gasteiger partial charge in [0.2, 0.25) is 0 Å². The van der Waals surface area contributed by atoms with Gasteiger partial charge in [-0.1, -0.05) is 121 Å². The van der Waals surface area contributed by atoms with Crippen molar-refractivity contribution >= 4 is 64.9 Å². The molecular weight excluding hydrogens is 494 g/mol. The van der Waals surface area contributed by atoms with E-state index in [0.29, 0.717) is 0 Å². The van der Waals surface area contributed by atoms with Crippen molar-refractivity contribution in [2.75, 3.05) is 0 Å². The Labute approximate surface area is 237 Å². The predicted molar refractivity (Wildman–Crippen MR) is 176 cm³/mol. The largest absolute Gasteiger partial charge is 0.309 e. The highest BCUT2D eigenvalue weighted by Gasteiger charge is 2.16. The Bertz CT molecular complexity index is 2450. The number of fused-ring (bicyclic) bond motifs is 10. The zero-order chi connectivity index (χ0) is 26.9. The van der Waals surface area contributed by atoms with Crippen LogP contribution in [0.2, 0.25) is 0 Å². The highest BCUT2D eigenvalue weighted by atomic mass is 15.0. The summed E-state index contributed by atoms with van der Waals surface area (Å²) in [6, 6.07) is 55.5. The maximum Gasteiger partial charge on any atom is 0.0547 e. The number of benzene rings is 8. The summed E-state index contributed by atoms with van der Waals surface area (Å²) in [5.41, 5.74) is 6.13. The predicted octanol–water partition coefficient (Wildman–Crippen LogP) is 11.1. The van der Waals surface area contributed by atoms with Crippen LogP contribution in [-0.4, -0.2) is 4.57 Å². The summed E-state index contributed by atoms with van der Waals surface area (Å²) in [5.74, 6) is 0. The molecule has 0 aliphatic carbocycles. The van der Waals surface area contributed by atoms with Crippen LogP contribution >= 0.6 is 0 Å². The molecule has 190 valence electrons. The van der Waals surface area contributed by atoms with Crippen molar-refractivity contribution in [3.8, 4) is 16.8 Å². The van der Waals surface area contributed by atoms with Gasteiger partial charge in [-0.25, -0.2) is 0 Å². The summed E-state index contributed by atoms with van der Waals surface area (Å²) in [4.78, 5) is 0. The molecule has 1 heteroatoms. The fourth-order valence-corrected chi connectivity index (χ4v) is 6.91. The van der Waals surface area contributed by atoms with Crippen molar-refractivity contribution < 1.29 is 0 Å². The van der Waals surface area contributed by atoms with Gasteiger partial charge >= 0.3 is 0 Å². The molecule has 9 aromatic rings. The van der Waals surface area contributed by atoms with Gasteiger partial charge in [0.05, 0.1) is 11.0 Å². The van der Waals surface area contributed by atoms with E-state index in [1.54, 1.807) is 0 Å². The number of aromatic nitrogens is 1. The lowest BCUT2D eigenvalue weighted by molar-refractivity contribution is 1.18. The van der Waals surface area contributed by atoms with Gasteiger partial charge in [-0.3, -0.25) is 0 Å². The van der Waals surface area contributed by atoms with E-state index in [4.69, 9.17) is 0 Å². The minimum atomic E-state index is 1.17. The van der Waals surface area contributed by atoms with Gasteiger partial charge in [0.1, 0.15) is 0 Å². The molecule has 41 heavy (non-hydrogen) atoms. The van der Waals surface area contributed by atoms with E-state index in [1.165, 1.54) is 81.7 Å². The van der Waals surface area contributed by atoms with Crippen LogP contribution in [0.3, 0.4) is 0 Å². The second-order valence-corrected chi connectivity index (χ2v) is 10.9. The standard InChI is InChI=1S/C40H25N/c1-2-12-29-26(10-1)11-9-18-30(29)27-20-22-28(23-21-27)41-39-19-8-7-17-35(39)38-24-36-33-15-5-3-13-31(33)32-14-4-6-16-34(32)37(36)25-40(38)41/h1-25H. The molecule has 0 aliphatic rings. The second kappa shape index (κ2) is 8.55. The van der Waals surface area contributed by atoms with E-state index in [0.717, 1.165) is 0 Å². The van der Waals surface area contributed by atoms with Crippen LogP contribution < -0.4 is 0 Å². The van der Waals surface area contributed by atoms with E-state index in [9.17, 15) is 0 Å². The van der Waals surface area contributed by atoms with Gasteiger partial charge in [-0.2, -0.15) is 0 Å². The first-order valence-electron chi connectivity index (χ1n) is 14.2. The molecule has 0 bridgehead atoms.